The maximum Gasteiger partial charge on any atom is 0.251 e. The molecule has 1 aliphatic heterocycles. The summed E-state index contributed by atoms with van der Waals surface area (Å²) in [5, 5.41) is 6.26. The van der Waals surface area contributed by atoms with Crippen molar-refractivity contribution in [2.45, 2.75) is 32.3 Å². The van der Waals surface area contributed by atoms with E-state index in [0.29, 0.717) is 5.92 Å². The number of carbonyl (C=O) groups excluding carboxylic acids is 1. The number of hydrogen-bond acceptors (Lipinski definition) is 3. The van der Waals surface area contributed by atoms with Gasteiger partial charge in [-0.2, -0.15) is 0 Å². The third-order valence-electron chi connectivity index (χ3n) is 3.07. The number of carbonyl (C=O) groups is 1. The normalized spacial score (nSPS) is 18.9. The molecule has 1 fully saturated rings. The van der Waals surface area contributed by atoms with Gasteiger partial charge >= 0.3 is 0 Å². The molecule has 0 saturated carbocycles. The molecule has 4 heteroatoms. The summed E-state index contributed by atoms with van der Waals surface area (Å²) in [6.07, 6.45) is 2.29. The number of amides is 1. The highest BCUT2D eigenvalue weighted by molar-refractivity contribution is 5.84. The van der Waals surface area contributed by atoms with Crippen LogP contribution in [0.5, 0.6) is 0 Å². The van der Waals surface area contributed by atoms with Crippen molar-refractivity contribution in [3.63, 3.8) is 0 Å². The largest absolute Gasteiger partial charge is 0.369 e. The van der Waals surface area contributed by atoms with Crippen LogP contribution in [0.25, 0.3) is 0 Å². The molecule has 4 nitrogen and oxygen atoms in total. The average molecular weight is 214 g/mol. The van der Waals surface area contributed by atoms with Crippen LogP contribution in [0.2, 0.25) is 0 Å². The minimum Gasteiger partial charge on any atom is -0.369 e. The van der Waals surface area contributed by atoms with E-state index in [0.717, 1.165) is 32.5 Å². The van der Waals surface area contributed by atoms with Gasteiger partial charge in [0.15, 0.2) is 0 Å². The van der Waals surface area contributed by atoms with Crippen molar-refractivity contribution in [1.82, 2.24) is 10.6 Å². The molecule has 0 aromatic heterocycles. The van der Waals surface area contributed by atoms with E-state index < -0.39 is 5.60 Å². The number of nitrogens with one attached hydrogen (secondary N) is 2. The van der Waals surface area contributed by atoms with E-state index in [-0.39, 0.29) is 5.91 Å². The second-order valence-electron chi connectivity index (χ2n) is 4.62. The van der Waals surface area contributed by atoms with Gasteiger partial charge in [0, 0.05) is 13.7 Å². The summed E-state index contributed by atoms with van der Waals surface area (Å²) in [4.78, 5) is 11.7. The summed E-state index contributed by atoms with van der Waals surface area (Å²) in [6.45, 7) is 6.46. The number of piperidine rings is 1. The number of methoxy groups -OCH3 is 1. The first-order valence-corrected chi connectivity index (χ1v) is 5.60. The smallest absolute Gasteiger partial charge is 0.251 e. The van der Waals surface area contributed by atoms with Gasteiger partial charge in [-0.05, 0) is 45.7 Å². The van der Waals surface area contributed by atoms with E-state index in [1.165, 1.54) is 0 Å². The minimum absolute atomic E-state index is 0.0245. The van der Waals surface area contributed by atoms with Crippen LogP contribution in [0.3, 0.4) is 0 Å². The van der Waals surface area contributed by atoms with Gasteiger partial charge in [0.25, 0.3) is 5.91 Å². The third kappa shape index (κ3) is 3.80. The molecule has 0 radical (unpaired) electrons. The van der Waals surface area contributed by atoms with Crippen LogP contribution in [-0.4, -0.2) is 38.3 Å². The summed E-state index contributed by atoms with van der Waals surface area (Å²) in [5.41, 5.74) is -0.715. The Kier molecular flexibility index (Phi) is 4.54. The zero-order valence-corrected chi connectivity index (χ0v) is 9.93. The van der Waals surface area contributed by atoms with Gasteiger partial charge in [0.2, 0.25) is 0 Å². The lowest BCUT2D eigenvalue weighted by Gasteiger charge is -2.26. The highest BCUT2D eigenvalue weighted by Gasteiger charge is 2.27. The average Bonchev–Trinajstić information content (AvgIpc) is 2.27. The Morgan fingerprint density at radius 1 is 1.47 bits per heavy atom. The van der Waals surface area contributed by atoms with E-state index >= 15 is 0 Å². The molecular weight excluding hydrogens is 192 g/mol. The minimum atomic E-state index is -0.715. The van der Waals surface area contributed by atoms with E-state index in [1.807, 2.05) is 0 Å². The molecule has 1 rings (SSSR count). The fraction of sp³-hybridized carbons (Fsp3) is 0.909. The lowest BCUT2D eigenvalue weighted by atomic mass is 9.98. The first kappa shape index (κ1) is 12.5. The van der Waals surface area contributed by atoms with Crippen LogP contribution in [0.15, 0.2) is 0 Å². The molecule has 0 aromatic carbocycles. The highest BCUT2D eigenvalue weighted by Crippen LogP contribution is 2.11. The Bertz CT molecular complexity index is 211. The predicted octanol–water partition coefficient (Wildman–Crippen LogP) is 0.527. The van der Waals surface area contributed by atoms with E-state index in [1.54, 1.807) is 21.0 Å². The van der Waals surface area contributed by atoms with Crippen LogP contribution in [0.1, 0.15) is 26.7 Å². The van der Waals surface area contributed by atoms with Gasteiger partial charge in [0.05, 0.1) is 0 Å². The van der Waals surface area contributed by atoms with Crippen LogP contribution >= 0.6 is 0 Å². The summed E-state index contributed by atoms with van der Waals surface area (Å²) in [6, 6.07) is 0. The monoisotopic (exact) mass is 214 g/mol. The van der Waals surface area contributed by atoms with Crippen molar-refractivity contribution in [2.75, 3.05) is 26.7 Å². The molecule has 15 heavy (non-hydrogen) atoms. The molecule has 1 aliphatic rings. The van der Waals surface area contributed by atoms with E-state index in [4.69, 9.17) is 4.74 Å². The highest BCUT2D eigenvalue weighted by atomic mass is 16.5. The molecule has 0 spiro atoms. The molecule has 1 amide bonds. The Morgan fingerprint density at radius 3 is 2.60 bits per heavy atom. The Morgan fingerprint density at radius 2 is 2.07 bits per heavy atom. The number of ether oxygens (including phenoxy) is 1. The summed E-state index contributed by atoms with van der Waals surface area (Å²) in [7, 11) is 1.56. The predicted molar refractivity (Wildman–Crippen MR) is 59.7 cm³/mol. The van der Waals surface area contributed by atoms with E-state index in [9.17, 15) is 4.79 Å². The molecular formula is C11H22N2O2. The van der Waals surface area contributed by atoms with Gasteiger partial charge < -0.3 is 15.4 Å². The van der Waals surface area contributed by atoms with Crippen molar-refractivity contribution in [2.24, 2.45) is 5.92 Å². The molecule has 1 heterocycles. The lowest BCUT2D eigenvalue weighted by molar-refractivity contribution is -0.139. The molecule has 0 aliphatic carbocycles. The van der Waals surface area contributed by atoms with Gasteiger partial charge in [-0.3, -0.25) is 4.79 Å². The zero-order valence-electron chi connectivity index (χ0n) is 9.93. The van der Waals surface area contributed by atoms with Crippen molar-refractivity contribution in [1.29, 1.82) is 0 Å². The standard InChI is InChI=1S/C11H22N2O2/c1-11(2,15-3)10(14)13-8-9-4-6-12-7-5-9/h9,12H,4-8H2,1-3H3,(H,13,14). The SMILES string of the molecule is COC(C)(C)C(=O)NCC1CCNCC1. The molecule has 1 saturated heterocycles. The summed E-state index contributed by atoms with van der Waals surface area (Å²) in [5.74, 6) is 0.589. The molecule has 88 valence electrons. The van der Waals surface area contributed by atoms with Gasteiger partial charge in [-0.15, -0.1) is 0 Å². The molecule has 0 bridgehead atoms. The van der Waals surface area contributed by atoms with Crippen molar-refractivity contribution in [3.05, 3.63) is 0 Å². The van der Waals surface area contributed by atoms with E-state index in [2.05, 4.69) is 10.6 Å². The van der Waals surface area contributed by atoms with Crippen molar-refractivity contribution < 1.29 is 9.53 Å². The first-order valence-electron chi connectivity index (χ1n) is 5.60. The third-order valence-corrected chi connectivity index (χ3v) is 3.07. The Labute approximate surface area is 91.8 Å². The summed E-state index contributed by atoms with van der Waals surface area (Å²) < 4.78 is 5.11. The van der Waals surface area contributed by atoms with Gasteiger partial charge in [-0.25, -0.2) is 0 Å². The van der Waals surface area contributed by atoms with Crippen LogP contribution in [0.4, 0.5) is 0 Å². The molecule has 2 N–H and O–H groups in total. The van der Waals surface area contributed by atoms with Crippen LogP contribution in [0, 0.1) is 5.92 Å². The first-order chi connectivity index (χ1) is 7.06. The second kappa shape index (κ2) is 5.47. The Hall–Kier alpha value is -0.610. The second-order valence-corrected chi connectivity index (χ2v) is 4.62. The van der Waals surface area contributed by atoms with Crippen LogP contribution < -0.4 is 10.6 Å². The maximum atomic E-state index is 11.7. The molecule has 0 atom stereocenters. The fourth-order valence-electron chi connectivity index (χ4n) is 1.63. The van der Waals surface area contributed by atoms with Gasteiger partial charge in [-0.1, -0.05) is 0 Å². The van der Waals surface area contributed by atoms with Crippen molar-refractivity contribution >= 4 is 5.91 Å². The quantitative estimate of drug-likeness (QED) is 0.717. The Balaban J connectivity index is 2.26. The van der Waals surface area contributed by atoms with Gasteiger partial charge in [0.1, 0.15) is 5.60 Å². The number of rotatable bonds is 4. The maximum absolute atomic E-state index is 11.7. The zero-order chi connectivity index (χ0) is 11.3. The number of hydrogen-bond donors (Lipinski definition) is 2. The topological polar surface area (TPSA) is 50.4 Å². The van der Waals surface area contributed by atoms with Crippen molar-refractivity contribution in [3.8, 4) is 0 Å². The summed E-state index contributed by atoms with van der Waals surface area (Å²) >= 11 is 0. The molecule has 0 aromatic rings. The van der Waals surface area contributed by atoms with Crippen LogP contribution in [-0.2, 0) is 9.53 Å². The fourth-order valence-corrected chi connectivity index (χ4v) is 1.63. The lowest BCUT2D eigenvalue weighted by Crippen LogP contribution is -2.46. The molecule has 0 unspecified atom stereocenters.